The Morgan fingerprint density at radius 1 is 1.11 bits per heavy atom. The molecule has 4 heterocycles. The zero-order valence-corrected chi connectivity index (χ0v) is 21.7. The van der Waals surface area contributed by atoms with Crippen molar-refractivity contribution in [3.05, 3.63) is 96.9 Å². The van der Waals surface area contributed by atoms with Gasteiger partial charge < -0.3 is 19.4 Å². The van der Waals surface area contributed by atoms with Crippen LogP contribution in [0.25, 0.3) is 10.9 Å². The van der Waals surface area contributed by atoms with Crippen LogP contribution in [0.3, 0.4) is 0 Å². The van der Waals surface area contributed by atoms with Gasteiger partial charge in [-0.05, 0) is 52.2 Å². The zero-order chi connectivity index (χ0) is 25.4. The number of benzene rings is 2. The highest BCUT2D eigenvalue weighted by Gasteiger charge is 2.27. The topological polar surface area (TPSA) is 72.8 Å². The molecule has 4 aromatic rings. The number of nitrogens with one attached hydrogen (secondary N) is 1. The van der Waals surface area contributed by atoms with Crippen LogP contribution < -0.4 is 15.5 Å². The maximum atomic E-state index is 13.6. The SMILES string of the molecule is O=C(NCc1ccc(Cl)cc1)c1cn2c3c(cc(CN4CCOCC4)cc3c1=O)OC(c1ccsc1)C2. The summed E-state index contributed by atoms with van der Waals surface area (Å²) >= 11 is 7.59. The molecule has 6 rings (SSSR count). The normalized spacial score (nSPS) is 17.5. The molecule has 1 fully saturated rings. The number of amides is 1. The smallest absolute Gasteiger partial charge is 0.257 e. The van der Waals surface area contributed by atoms with Gasteiger partial charge in [0.2, 0.25) is 5.43 Å². The number of carbonyl (C=O) groups excluding carboxylic acids is 1. The third-order valence-corrected chi connectivity index (χ3v) is 7.82. The molecule has 2 aliphatic heterocycles. The lowest BCUT2D eigenvalue weighted by atomic mass is 10.0. The summed E-state index contributed by atoms with van der Waals surface area (Å²) in [4.78, 5) is 29.2. The molecule has 1 atom stereocenters. The predicted molar refractivity (Wildman–Crippen MR) is 145 cm³/mol. The molecule has 0 spiro atoms. The molecule has 1 N–H and O–H groups in total. The molecular formula is C28H26ClN3O4S. The van der Waals surface area contributed by atoms with Crippen LogP contribution in [0.2, 0.25) is 5.02 Å². The number of rotatable bonds is 6. The van der Waals surface area contributed by atoms with Gasteiger partial charge in [-0.2, -0.15) is 11.3 Å². The monoisotopic (exact) mass is 535 g/mol. The standard InChI is InChI=1S/C28H26ClN3O4S/c29-21-3-1-18(2-4-21)13-30-28(34)23-15-32-16-25(20-5-10-37-17-20)36-24-12-19(11-22(26(24)32)27(23)33)14-31-6-8-35-9-7-31/h1-5,10-12,15,17,25H,6-9,13-14,16H2,(H,30,34). The lowest BCUT2D eigenvalue weighted by Gasteiger charge is -2.30. The summed E-state index contributed by atoms with van der Waals surface area (Å²) in [6, 6.07) is 13.3. The molecule has 9 heteroatoms. The Bertz CT molecular complexity index is 1490. The zero-order valence-electron chi connectivity index (χ0n) is 20.1. The van der Waals surface area contributed by atoms with Crippen molar-refractivity contribution < 1.29 is 14.3 Å². The van der Waals surface area contributed by atoms with Gasteiger partial charge in [-0.1, -0.05) is 23.7 Å². The van der Waals surface area contributed by atoms with E-state index >= 15 is 0 Å². The van der Waals surface area contributed by atoms with E-state index in [-0.39, 0.29) is 17.1 Å². The van der Waals surface area contributed by atoms with Crippen LogP contribution in [0, 0.1) is 0 Å². The quantitative estimate of drug-likeness (QED) is 0.390. The summed E-state index contributed by atoms with van der Waals surface area (Å²) < 4.78 is 13.9. The first-order valence-electron chi connectivity index (χ1n) is 12.3. The number of pyridine rings is 1. The predicted octanol–water partition coefficient (Wildman–Crippen LogP) is 4.61. The van der Waals surface area contributed by atoms with Crippen LogP contribution in [-0.2, 0) is 24.4 Å². The molecule has 2 aromatic carbocycles. The van der Waals surface area contributed by atoms with Crippen LogP contribution in [0.4, 0.5) is 0 Å². The number of ether oxygens (including phenoxy) is 2. The van der Waals surface area contributed by atoms with E-state index in [2.05, 4.69) is 21.7 Å². The van der Waals surface area contributed by atoms with Gasteiger partial charge in [-0.3, -0.25) is 14.5 Å². The largest absolute Gasteiger partial charge is 0.482 e. The summed E-state index contributed by atoms with van der Waals surface area (Å²) in [5.41, 5.74) is 3.54. The fourth-order valence-corrected chi connectivity index (χ4v) is 5.77. The molecule has 37 heavy (non-hydrogen) atoms. The Balaban J connectivity index is 1.38. The van der Waals surface area contributed by atoms with Crippen LogP contribution in [0.1, 0.15) is 33.2 Å². The second-order valence-electron chi connectivity index (χ2n) is 9.38. The van der Waals surface area contributed by atoms with Crippen LogP contribution in [-0.4, -0.2) is 41.7 Å². The maximum absolute atomic E-state index is 13.6. The number of morpholine rings is 1. The number of hydrogen-bond donors (Lipinski definition) is 1. The van der Waals surface area contributed by atoms with Crippen molar-refractivity contribution in [3.8, 4) is 5.75 Å². The van der Waals surface area contributed by atoms with Gasteiger partial charge >= 0.3 is 0 Å². The Labute approximate surface area is 223 Å². The van der Waals surface area contributed by atoms with Crippen LogP contribution in [0.15, 0.2) is 64.2 Å². The minimum absolute atomic E-state index is 0.127. The van der Waals surface area contributed by atoms with Crippen LogP contribution in [0.5, 0.6) is 5.75 Å². The van der Waals surface area contributed by atoms with Crippen molar-refractivity contribution in [1.82, 2.24) is 14.8 Å². The number of carbonyl (C=O) groups is 1. The van der Waals surface area contributed by atoms with Crippen molar-refractivity contribution in [3.63, 3.8) is 0 Å². The fraction of sp³-hybridized carbons (Fsp3) is 0.286. The second-order valence-corrected chi connectivity index (χ2v) is 10.6. The molecule has 7 nitrogen and oxygen atoms in total. The van der Waals surface area contributed by atoms with E-state index in [1.807, 2.05) is 34.2 Å². The molecule has 1 saturated heterocycles. The molecule has 0 aliphatic carbocycles. The minimum Gasteiger partial charge on any atom is -0.482 e. The highest BCUT2D eigenvalue weighted by Crippen LogP contribution is 2.37. The van der Waals surface area contributed by atoms with E-state index in [1.54, 1.807) is 29.7 Å². The molecular weight excluding hydrogens is 510 g/mol. The van der Waals surface area contributed by atoms with E-state index < -0.39 is 5.91 Å². The fourth-order valence-electron chi connectivity index (χ4n) is 4.94. The van der Waals surface area contributed by atoms with Gasteiger partial charge in [0, 0.05) is 43.0 Å². The summed E-state index contributed by atoms with van der Waals surface area (Å²) in [6.07, 6.45) is 1.47. The van der Waals surface area contributed by atoms with Gasteiger partial charge in [0.05, 0.1) is 30.7 Å². The molecule has 190 valence electrons. The molecule has 1 unspecified atom stereocenters. The first kappa shape index (κ1) is 24.2. The van der Waals surface area contributed by atoms with Gasteiger partial charge in [-0.25, -0.2) is 0 Å². The molecule has 2 aromatic heterocycles. The lowest BCUT2D eigenvalue weighted by molar-refractivity contribution is 0.0341. The molecule has 0 saturated carbocycles. The summed E-state index contributed by atoms with van der Waals surface area (Å²) in [7, 11) is 0. The average molecular weight is 536 g/mol. The average Bonchev–Trinajstić information content (AvgIpc) is 3.45. The van der Waals surface area contributed by atoms with Gasteiger partial charge in [0.15, 0.2) is 0 Å². The van der Waals surface area contributed by atoms with Crippen molar-refractivity contribution >= 4 is 39.7 Å². The highest BCUT2D eigenvalue weighted by atomic mass is 35.5. The third kappa shape index (κ3) is 5.02. The summed E-state index contributed by atoms with van der Waals surface area (Å²) in [6.45, 7) is 4.57. The summed E-state index contributed by atoms with van der Waals surface area (Å²) in [5, 5.41) is 8.14. The molecule has 0 radical (unpaired) electrons. The van der Waals surface area contributed by atoms with E-state index in [1.165, 1.54) is 0 Å². The number of thiophene rings is 1. The number of halogens is 1. The first-order valence-corrected chi connectivity index (χ1v) is 13.6. The Kier molecular flexibility index (Phi) is 6.73. The summed E-state index contributed by atoms with van der Waals surface area (Å²) in [5.74, 6) is 0.276. The van der Waals surface area contributed by atoms with E-state index in [9.17, 15) is 9.59 Å². The Morgan fingerprint density at radius 3 is 2.68 bits per heavy atom. The lowest BCUT2D eigenvalue weighted by Crippen LogP contribution is -2.35. The molecule has 1 amide bonds. The minimum atomic E-state index is -0.399. The number of hydrogen-bond acceptors (Lipinski definition) is 6. The Hall–Kier alpha value is -3.17. The van der Waals surface area contributed by atoms with Crippen LogP contribution >= 0.6 is 22.9 Å². The maximum Gasteiger partial charge on any atom is 0.257 e. The molecule has 2 aliphatic rings. The van der Waals surface area contributed by atoms with Crippen molar-refractivity contribution in [2.45, 2.75) is 25.7 Å². The Morgan fingerprint density at radius 2 is 1.92 bits per heavy atom. The van der Waals surface area contributed by atoms with Crippen molar-refractivity contribution in [2.24, 2.45) is 0 Å². The van der Waals surface area contributed by atoms with Gasteiger partial charge in [-0.15, -0.1) is 0 Å². The highest BCUT2D eigenvalue weighted by molar-refractivity contribution is 7.08. The van der Waals surface area contributed by atoms with Crippen molar-refractivity contribution in [2.75, 3.05) is 26.3 Å². The first-order chi connectivity index (χ1) is 18.0. The van der Waals surface area contributed by atoms with Gasteiger partial charge in [0.25, 0.3) is 5.91 Å². The van der Waals surface area contributed by atoms with E-state index in [0.717, 1.165) is 35.3 Å². The third-order valence-electron chi connectivity index (χ3n) is 6.86. The van der Waals surface area contributed by atoms with E-state index in [4.69, 9.17) is 21.1 Å². The van der Waals surface area contributed by atoms with E-state index in [0.29, 0.717) is 49.0 Å². The van der Waals surface area contributed by atoms with Gasteiger partial charge in [0.1, 0.15) is 17.4 Å². The second kappa shape index (κ2) is 10.3. The van der Waals surface area contributed by atoms with Crippen molar-refractivity contribution in [1.29, 1.82) is 0 Å². The molecule has 0 bridgehead atoms. The number of nitrogens with zero attached hydrogens (tertiary/aromatic N) is 2. The number of aromatic nitrogens is 1.